The Morgan fingerprint density at radius 3 is 0.641 bits per heavy atom. The molecule has 0 spiro atoms. The normalized spacial score (nSPS) is 13.2. The van der Waals surface area contributed by atoms with Crippen LogP contribution in [0.3, 0.4) is 0 Å². The molecule has 31 rings (SSSR count). The first-order valence-electron chi connectivity index (χ1n) is 50.4. The van der Waals surface area contributed by atoms with Gasteiger partial charge in [0.25, 0.3) is 20.1 Å². The summed E-state index contributed by atoms with van der Waals surface area (Å²) in [7, 11) is 0. The molecule has 6 nitrogen and oxygen atoms in total. The second kappa shape index (κ2) is 31.9. The molecular formula is C136H84B3N5O. The van der Waals surface area contributed by atoms with Gasteiger partial charge in [-0.1, -0.05) is 400 Å². The molecule has 0 aliphatic carbocycles. The highest BCUT2D eigenvalue weighted by Crippen LogP contribution is 2.61. The number of hydrogen-bond donors (Lipinski definition) is 0. The highest BCUT2D eigenvalue weighted by Gasteiger charge is 2.57. The van der Waals surface area contributed by atoms with Crippen LogP contribution < -0.4 is 78.4 Å². The van der Waals surface area contributed by atoms with Gasteiger partial charge in [-0.2, -0.15) is 0 Å². The van der Waals surface area contributed by atoms with Crippen molar-refractivity contribution in [3.8, 4) is 112 Å². The summed E-state index contributed by atoms with van der Waals surface area (Å²) in [4.78, 5) is 13.6. The molecule has 7 aliphatic heterocycles. The van der Waals surface area contributed by atoms with Crippen LogP contribution >= 0.6 is 0 Å². The molecule has 9 heteroatoms. The first kappa shape index (κ1) is 81.2. The quantitative estimate of drug-likeness (QED) is 0.107. The molecule has 0 bridgehead atoms. The number of ether oxygens (including phenoxy) is 1. The largest absolute Gasteiger partial charge is 0.452 e. The van der Waals surface area contributed by atoms with Crippen LogP contribution in [0.15, 0.2) is 510 Å². The fourth-order valence-electron chi connectivity index (χ4n) is 25.3. The van der Waals surface area contributed by atoms with Crippen molar-refractivity contribution in [2.45, 2.75) is 0 Å². The van der Waals surface area contributed by atoms with Crippen LogP contribution in [0.4, 0.5) is 85.3 Å². The Kier molecular flexibility index (Phi) is 17.9. The average Bonchev–Trinajstić information content (AvgIpc) is 0.649. The van der Waals surface area contributed by atoms with Crippen molar-refractivity contribution in [3.05, 3.63) is 510 Å². The van der Waals surface area contributed by atoms with E-state index in [1.54, 1.807) is 0 Å². The van der Waals surface area contributed by atoms with Gasteiger partial charge in [-0.15, -0.1) is 0 Å². The number of nitrogens with zero attached hydrogens (tertiary/aromatic N) is 5. The Hall–Kier alpha value is -18.7. The number of fused-ring (bicyclic) bond motifs is 16. The lowest BCUT2D eigenvalue weighted by atomic mass is 9.27. The first-order valence-corrected chi connectivity index (χ1v) is 50.4. The minimum Gasteiger partial charge on any atom is -0.452 e. The van der Waals surface area contributed by atoms with E-state index in [1.165, 1.54) is 65.6 Å². The van der Waals surface area contributed by atoms with E-state index in [1.807, 2.05) is 0 Å². The topological polar surface area (TPSA) is 25.4 Å². The summed E-state index contributed by atoms with van der Waals surface area (Å²) in [6.07, 6.45) is 0. The molecule has 24 aromatic rings. The Bertz CT molecular complexity index is 9340. The van der Waals surface area contributed by atoms with E-state index in [9.17, 15) is 0 Å². The predicted molar refractivity (Wildman–Crippen MR) is 613 cm³/mol. The van der Waals surface area contributed by atoms with E-state index >= 15 is 0 Å². The van der Waals surface area contributed by atoms with E-state index in [0.717, 1.165) is 224 Å². The lowest BCUT2D eigenvalue weighted by molar-refractivity contribution is 0.489. The van der Waals surface area contributed by atoms with Crippen LogP contribution in [-0.2, 0) is 0 Å². The Morgan fingerprint density at radius 1 is 0.138 bits per heavy atom. The standard InChI is InChI=1S/C136H84B3N5O/c1-10-36-85(37-11-1)100-62-101(86-38-12-2-13-39-86)67-109(66-100)140-121-78-96-56-30-28-54-94(96)74-115(121)137-117-82-118-124(83-123(117)142(126-81-108(80-125(140)129(126)137)93-52-26-9-27-53-93)111-70-104(89-44-18-5-19-45-89)64-105(71-111)90-46-20-6-21-47-90)143(112-72-106(91-48-22-7-23-49-91)65-107(73-112)92-50-24-8-25-51-92)128-84-127-130-134-131(128)139(118)120-77-99-59-33-35-61-114(99)136-133(120)144(134)132-119(76-98-58-32-34-60-113(98)135(132)145-136)138(130)116-75-95-55-29-31-57-97(95)79-122(116)141(127)110-68-102(87-40-14-3-15-41-87)63-103(69-110)88-42-16-4-17-43-88/h1-84H. The summed E-state index contributed by atoms with van der Waals surface area (Å²) in [6, 6.07) is 194. The predicted octanol–water partition coefficient (Wildman–Crippen LogP) is 30.2. The zero-order chi connectivity index (χ0) is 94.7. The molecule has 7 aliphatic rings. The molecule has 0 radical (unpaired) electrons. The van der Waals surface area contributed by atoms with Crippen LogP contribution in [0.1, 0.15) is 0 Å². The third kappa shape index (κ3) is 12.6. The lowest BCUT2D eigenvalue weighted by Crippen LogP contribution is -2.69. The van der Waals surface area contributed by atoms with Crippen LogP contribution in [0, 0.1) is 0 Å². The van der Waals surface area contributed by atoms with Gasteiger partial charge in [0, 0.05) is 84.7 Å². The molecule has 145 heavy (non-hydrogen) atoms. The third-order valence-electron chi connectivity index (χ3n) is 31.6. The molecule has 0 saturated carbocycles. The Balaban J connectivity index is 0.777. The molecule has 0 saturated heterocycles. The summed E-state index contributed by atoms with van der Waals surface area (Å²) in [5.41, 5.74) is 47.2. The van der Waals surface area contributed by atoms with E-state index in [0.29, 0.717) is 0 Å². The molecular weight excluding hydrogens is 1750 g/mol. The average molecular weight is 1840 g/mol. The smallest absolute Gasteiger partial charge is 0.252 e. The van der Waals surface area contributed by atoms with Crippen molar-refractivity contribution in [1.82, 2.24) is 0 Å². The summed E-state index contributed by atoms with van der Waals surface area (Å²) in [6.45, 7) is -1.17. The van der Waals surface area contributed by atoms with Crippen LogP contribution in [0.2, 0.25) is 0 Å². The fraction of sp³-hybridized carbons (Fsp3) is 0. The molecule has 0 amide bonds. The van der Waals surface area contributed by atoms with Gasteiger partial charge < -0.3 is 29.2 Å². The van der Waals surface area contributed by atoms with Crippen molar-refractivity contribution < 1.29 is 4.74 Å². The summed E-state index contributed by atoms with van der Waals surface area (Å²) in [5, 5.41) is 9.01. The van der Waals surface area contributed by atoms with Crippen LogP contribution in [0.5, 0.6) is 11.5 Å². The molecule has 0 fully saturated rings. The van der Waals surface area contributed by atoms with Gasteiger partial charge in [0.1, 0.15) is 0 Å². The number of hydrogen-bond acceptors (Lipinski definition) is 6. The number of rotatable bonds is 13. The molecule has 24 aromatic carbocycles. The van der Waals surface area contributed by atoms with Gasteiger partial charge in [0.15, 0.2) is 11.5 Å². The Morgan fingerprint density at radius 2 is 0.352 bits per heavy atom. The van der Waals surface area contributed by atoms with Crippen molar-refractivity contribution in [2.75, 3.05) is 24.5 Å². The summed E-state index contributed by atoms with van der Waals surface area (Å²) in [5.74, 6) is 1.71. The van der Waals surface area contributed by atoms with Gasteiger partial charge in [-0.25, -0.2) is 0 Å². The fourth-order valence-corrected chi connectivity index (χ4v) is 25.3. The minimum atomic E-state index is -0.452. The molecule has 668 valence electrons. The van der Waals surface area contributed by atoms with Crippen molar-refractivity contribution in [2.24, 2.45) is 0 Å². The third-order valence-corrected chi connectivity index (χ3v) is 31.6. The van der Waals surface area contributed by atoms with Crippen LogP contribution in [0.25, 0.3) is 143 Å². The second-order valence-corrected chi connectivity index (χ2v) is 39.7. The van der Waals surface area contributed by atoms with Gasteiger partial charge in [-0.05, 0) is 291 Å². The summed E-state index contributed by atoms with van der Waals surface area (Å²) < 4.78 is 8.29. The number of anilines is 15. The molecule has 7 heterocycles. The van der Waals surface area contributed by atoms with E-state index in [2.05, 4.69) is 534 Å². The van der Waals surface area contributed by atoms with E-state index in [-0.39, 0.29) is 6.71 Å². The van der Waals surface area contributed by atoms with Crippen molar-refractivity contribution in [3.63, 3.8) is 0 Å². The molecule has 0 atom stereocenters. The maximum Gasteiger partial charge on any atom is 0.252 e. The molecule has 0 N–H and O–H groups in total. The van der Waals surface area contributed by atoms with Gasteiger partial charge >= 0.3 is 0 Å². The van der Waals surface area contributed by atoms with Gasteiger partial charge in [0.05, 0.1) is 11.4 Å². The van der Waals surface area contributed by atoms with Gasteiger partial charge in [0.2, 0.25) is 0 Å². The maximum atomic E-state index is 8.29. The highest BCUT2D eigenvalue weighted by molar-refractivity contribution is 7.06. The SMILES string of the molecule is c1ccc(-c2cc(-c3ccccc3)cc(N3c4cc5c(cc4B4c6cc7ccccc7cc6N(c6cc(-c7ccccc7)cc(-c7ccccc7)c6)c6cc(-c7ccccc7)cc3c64)B3c4cc6ccccc6c6c4N4c7c3c(cc3c7B(c7cc8ccccc8cc7N3c3cc(-c7ccccc7)cc(-c7ccccc7)c3)c3cc7ccccc7c(c34)O6)N5c3cc(-c4ccccc4)cc(-c4ccccc4)c3)c2)cc1. The molecule has 0 unspecified atom stereocenters. The van der Waals surface area contributed by atoms with Crippen molar-refractivity contribution in [1.29, 1.82) is 0 Å². The second-order valence-electron chi connectivity index (χ2n) is 39.7. The summed E-state index contributed by atoms with van der Waals surface area (Å²) >= 11 is 0. The lowest BCUT2D eigenvalue weighted by Gasteiger charge is -2.53. The van der Waals surface area contributed by atoms with Gasteiger partial charge in [-0.3, -0.25) is 0 Å². The van der Waals surface area contributed by atoms with Crippen LogP contribution in [-0.4, -0.2) is 20.1 Å². The van der Waals surface area contributed by atoms with Crippen molar-refractivity contribution >= 4 is 198 Å². The van der Waals surface area contributed by atoms with E-state index in [4.69, 9.17) is 4.74 Å². The first-order chi connectivity index (χ1) is 71.9. The Labute approximate surface area is 842 Å². The minimum absolute atomic E-state index is 0.325. The number of benzene rings is 24. The highest BCUT2D eigenvalue weighted by atomic mass is 16.5. The zero-order valence-corrected chi connectivity index (χ0v) is 78.9. The molecule has 0 aromatic heterocycles. The van der Waals surface area contributed by atoms with E-state index < -0.39 is 13.4 Å². The monoisotopic (exact) mass is 1840 g/mol. The zero-order valence-electron chi connectivity index (χ0n) is 78.9. The maximum absolute atomic E-state index is 8.29.